The first kappa shape index (κ1) is 22.6. The van der Waals surface area contributed by atoms with Crippen molar-refractivity contribution in [3.05, 3.63) is 95.8 Å². The Labute approximate surface area is 189 Å². The minimum Gasteiger partial charge on any atom is -0.319 e. The maximum absolute atomic E-state index is 13.8. The van der Waals surface area contributed by atoms with Gasteiger partial charge in [-0.25, -0.2) is 9.07 Å². The van der Waals surface area contributed by atoms with E-state index in [9.17, 15) is 27.2 Å². The van der Waals surface area contributed by atoms with Gasteiger partial charge in [-0.1, -0.05) is 23.4 Å². The lowest BCUT2D eigenvalue weighted by Gasteiger charge is -2.12. The Bertz CT molecular complexity index is 1360. The van der Waals surface area contributed by atoms with E-state index < -0.39 is 29.4 Å². The smallest absolute Gasteiger partial charge is 0.319 e. The van der Waals surface area contributed by atoms with Crippen LogP contribution in [0.25, 0.3) is 5.69 Å². The molecular weight excluding hydrogens is 456 g/mol. The lowest BCUT2D eigenvalue weighted by Crippen LogP contribution is -2.18. The van der Waals surface area contributed by atoms with Crippen molar-refractivity contribution in [1.82, 2.24) is 20.0 Å². The first-order valence-corrected chi connectivity index (χ1v) is 9.64. The number of hydrogen-bond donors (Lipinski definition) is 2. The van der Waals surface area contributed by atoms with Crippen molar-refractivity contribution in [2.24, 2.45) is 0 Å². The van der Waals surface area contributed by atoms with E-state index in [-0.39, 0.29) is 28.5 Å². The lowest BCUT2D eigenvalue weighted by atomic mass is 10.1. The van der Waals surface area contributed by atoms with E-state index in [4.69, 9.17) is 0 Å². The quantitative estimate of drug-likeness (QED) is 0.423. The Morgan fingerprint density at radius 3 is 2.29 bits per heavy atom. The Morgan fingerprint density at radius 2 is 1.56 bits per heavy atom. The highest BCUT2D eigenvalue weighted by Gasteiger charge is 2.34. The number of amides is 2. The van der Waals surface area contributed by atoms with Crippen LogP contribution < -0.4 is 10.6 Å². The molecule has 0 aliphatic heterocycles. The zero-order chi connectivity index (χ0) is 24.3. The first-order valence-electron chi connectivity index (χ1n) is 9.64. The van der Waals surface area contributed by atoms with Crippen LogP contribution in [0.2, 0.25) is 0 Å². The second kappa shape index (κ2) is 9.10. The molecule has 12 heteroatoms. The molecule has 2 heterocycles. The Hall–Kier alpha value is -4.61. The minimum atomic E-state index is -4.65. The van der Waals surface area contributed by atoms with Crippen molar-refractivity contribution in [2.45, 2.75) is 6.18 Å². The van der Waals surface area contributed by atoms with Crippen LogP contribution in [-0.4, -0.2) is 31.8 Å². The third-order valence-corrected chi connectivity index (χ3v) is 4.56. The van der Waals surface area contributed by atoms with Crippen molar-refractivity contribution >= 4 is 23.2 Å². The summed E-state index contributed by atoms with van der Waals surface area (Å²) in [4.78, 5) is 29.0. The molecule has 2 N–H and O–H groups in total. The van der Waals surface area contributed by atoms with Gasteiger partial charge in [-0.05, 0) is 42.5 Å². The number of halogens is 4. The van der Waals surface area contributed by atoms with Crippen molar-refractivity contribution in [3.63, 3.8) is 0 Å². The fourth-order valence-corrected chi connectivity index (χ4v) is 3.00. The first-order chi connectivity index (χ1) is 16.2. The number of pyridine rings is 1. The number of benzene rings is 2. The van der Waals surface area contributed by atoms with Crippen LogP contribution in [0.3, 0.4) is 0 Å². The molecule has 0 unspecified atom stereocenters. The summed E-state index contributed by atoms with van der Waals surface area (Å²) in [5.74, 6) is -2.18. The van der Waals surface area contributed by atoms with Gasteiger partial charge in [-0.15, -0.1) is 5.10 Å². The number of para-hydroxylation sites is 1. The normalized spacial score (nSPS) is 11.2. The van der Waals surface area contributed by atoms with Gasteiger partial charge in [0.25, 0.3) is 11.8 Å². The lowest BCUT2D eigenvalue weighted by molar-refractivity contribution is -0.137. The van der Waals surface area contributed by atoms with Crippen molar-refractivity contribution in [3.8, 4) is 5.69 Å². The topological polar surface area (TPSA) is 102 Å². The number of carbonyl (C=O) groups excluding carboxylic acids is 2. The van der Waals surface area contributed by atoms with E-state index in [1.165, 1.54) is 36.5 Å². The molecule has 172 valence electrons. The number of carbonyl (C=O) groups is 2. The second-order valence-corrected chi connectivity index (χ2v) is 6.88. The van der Waals surface area contributed by atoms with E-state index in [0.29, 0.717) is 0 Å². The summed E-state index contributed by atoms with van der Waals surface area (Å²) in [6.07, 6.45) is -2.22. The van der Waals surface area contributed by atoms with Gasteiger partial charge in [0.15, 0.2) is 5.69 Å². The van der Waals surface area contributed by atoms with Gasteiger partial charge < -0.3 is 10.6 Å². The molecule has 0 spiro atoms. The molecule has 0 fully saturated rings. The van der Waals surface area contributed by atoms with Crippen LogP contribution in [-0.2, 0) is 6.18 Å². The maximum Gasteiger partial charge on any atom is 0.418 e. The Balaban J connectivity index is 1.57. The van der Waals surface area contributed by atoms with Gasteiger partial charge in [0.1, 0.15) is 11.5 Å². The van der Waals surface area contributed by atoms with Crippen molar-refractivity contribution in [2.75, 3.05) is 10.6 Å². The molecule has 0 radical (unpaired) electrons. The zero-order valence-electron chi connectivity index (χ0n) is 17.0. The summed E-state index contributed by atoms with van der Waals surface area (Å²) in [6.45, 7) is 0. The highest BCUT2D eigenvalue weighted by Crippen LogP contribution is 2.33. The van der Waals surface area contributed by atoms with Crippen molar-refractivity contribution in [1.29, 1.82) is 0 Å². The summed E-state index contributed by atoms with van der Waals surface area (Å²) in [6, 6.07) is 12.6. The van der Waals surface area contributed by atoms with Crippen LogP contribution in [0.4, 0.5) is 28.9 Å². The van der Waals surface area contributed by atoms with Crippen molar-refractivity contribution < 1.29 is 27.2 Å². The maximum atomic E-state index is 13.8. The molecule has 2 amide bonds. The van der Waals surface area contributed by atoms with E-state index in [0.717, 1.165) is 29.1 Å². The summed E-state index contributed by atoms with van der Waals surface area (Å²) < 4.78 is 54.5. The average molecular weight is 470 g/mol. The minimum absolute atomic E-state index is 0.0696. The highest BCUT2D eigenvalue weighted by atomic mass is 19.4. The molecule has 0 atom stereocenters. The third kappa shape index (κ3) is 4.90. The third-order valence-electron chi connectivity index (χ3n) is 4.56. The van der Waals surface area contributed by atoms with E-state index in [2.05, 4.69) is 25.9 Å². The number of anilines is 2. The standard InChI is InChI=1S/C22H14F4N6O2/c23-13-8-9-15(28-20(33)16-6-3-4-10-27-16)17(11-13)29-21(34)18-12-32(31-30-18)19-7-2-1-5-14(19)22(24,25)26/h1-12H,(H,28,33)(H,29,34). The monoisotopic (exact) mass is 470 g/mol. The largest absolute Gasteiger partial charge is 0.418 e. The fourth-order valence-electron chi connectivity index (χ4n) is 3.00. The number of nitrogens with one attached hydrogen (secondary N) is 2. The summed E-state index contributed by atoms with van der Waals surface area (Å²) in [7, 11) is 0. The van der Waals surface area contributed by atoms with Crippen LogP contribution in [0.5, 0.6) is 0 Å². The van der Waals surface area contributed by atoms with Crippen LogP contribution >= 0.6 is 0 Å². The Kier molecular flexibility index (Phi) is 6.04. The van der Waals surface area contributed by atoms with Gasteiger partial charge in [0.05, 0.1) is 28.8 Å². The van der Waals surface area contributed by atoms with Crippen LogP contribution in [0, 0.1) is 5.82 Å². The van der Waals surface area contributed by atoms with E-state index >= 15 is 0 Å². The number of aromatic nitrogens is 4. The molecule has 0 saturated carbocycles. The van der Waals surface area contributed by atoms with Crippen LogP contribution in [0.15, 0.2) is 73.1 Å². The molecule has 2 aromatic carbocycles. The van der Waals surface area contributed by atoms with E-state index in [1.54, 1.807) is 12.1 Å². The molecule has 4 aromatic rings. The average Bonchev–Trinajstić information content (AvgIpc) is 3.31. The summed E-state index contributed by atoms with van der Waals surface area (Å²) in [5, 5.41) is 12.1. The van der Waals surface area contributed by atoms with Crippen LogP contribution in [0.1, 0.15) is 26.5 Å². The number of hydrogen-bond acceptors (Lipinski definition) is 5. The van der Waals surface area contributed by atoms with Gasteiger partial charge in [0, 0.05) is 6.20 Å². The molecule has 0 aliphatic rings. The summed E-state index contributed by atoms with van der Waals surface area (Å²) >= 11 is 0. The highest BCUT2D eigenvalue weighted by molar-refractivity contribution is 6.08. The Morgan fingerprint density at radius 1 is 0.853 bits per heavy atom. The molecule has 34 heavy (non-hydrogen) atoms. The molecule has 0 saturated heterocycles. The zero-order valence-corrected chi connectivity index (χ0v) is 17.0. The van der Waals surface area contributed by atoms with Gasteiger partial charge >= 0.3 is 6.18 Å². The second-order valence-electron chi connectivity index (χ2n) is 6.88. The molecule has 2 aromatic heterocycles. The van der Waals surface area contributed by atoms with Gasteiger partial charge in [-0.3, -0.25) is 14.6 Å². The number of alkyl halides is 3. The predicted octanol–water partition coefficient (Wildman–Crippen LogP) is 4.32. The van der Waals surface area contributed by atoms with Gasteiger partial charge in [0.2, 0.25) is 0 Å². The number of rotatable bonds is 5. The fraction of sp³-hybridized carbons (Fsp3) is 0.0455. The van der Waals surface area contributed by atoms with E-state index in [1.807, 2.05) is 0 Å². The molecule has 0 bridgehead atoms. The predicted molar refractivity (Wildman–Crippen MR) is 113 cm³/mol. The summed E-state index contributed by atoms with van der Waals surface area (Å²) in [5.41, 5.74) is -1.55. The number of nitrogens with zero attached hydrogens (tertiary/aromatic N) is 4. The molecule has 8 nitrogen and oxygen atoms in total. The molecule has 4 rings (SSSR count). The SMILES string of the molecule is O=C(Nc1ccc(F)cc1NC(=O)c1cn(-c2ccccc2C(F)(F)F)nn1)c1ccccn1. The molecule has 0 aliphatic carbocycles. The van der Waals surface area contributed by atoms with Gasteiger partial charge in [-0.2, -0.15) is 13.2 Å². The molecular formula is C22H14F4N6O2.